The minimum atomic E-state index is -0.835. The van der Waals surface area contributed by atoms with E-state index in [-0.39, 0.29) is 17.4 Å². The summed E-state index contributed by atoms with van der Waals surface area (Å²) in [6.07, 6.45) is -0.00239. The number of nitrogens with zero attached hydrogens (tertiary/aromatic N) is 3. The third kappa shape index (κ3) is 4.52. The zero-order valence-corrected chi connectivity index (χ0v) is 22.7. The number of benzene rings is 3. The van der Waals surface area contributed by atoms with Crippen LogP contribution >= 0.6 is 11.3 Å². The maximum atomic E-state index is 13.5. The maximum Gasteiger partial charge on any atom is 0.301 e. The molecule has 0 spiro atoms. The van der Waals surface area contributed by atoms with Crippen LogP contribution in [0.4, 0.5) is 10.8 Å². The third-order valence-corrected chi connectivity index (χ3v) is 7.51. The van der Waals surface area contributed by atoms with Crippen molar-refractivity contribution in [1.29, 1.82) is 0 Å². The van der Waals surface area contributed by atoms with Gasteiger partial charge >= 0.3 is 5.91 Å². The van der Waals surface area contributed by atoms with Crippen LogP contribution < -0.4 is 14.5 Å². The molecule has 1 N–H and O–H groups in total. The van der Waals surface area contributed by atoms with Gasteiger partial charge in [0.2, 0.25) is 0 Å². The Labute approximate surface area is 225 Å². The Bertz CT molecular complexity index is 1540. The van der Waals surface area contributed by atoms with Crippen LogP contribution in [0.5, 0.6) is 5.75 Å². The molecule has 0 bridgehead atoms. The summed E-state index contributed by atoms with van der Waals surface area (Å²) in [6, 6.07) is 19.6. The molecular weight excluding hydrogens is 498 g/mol. The first-order chi connectivity index (χ1) is 18.2. The van der Waals surface area contributed by atoms with Gasteiger partial charge in [-0.25, -0.2) is 4.98 Å². The van der Waals surface area contributed by atoms with E-state index in [1.807, 2.05) is 88.3 Å². The summed E-state index contributed by atoms with van der Waals surface area (Å²) in [4.78, 5) is 35.1. The molecule has 3 aromatic carbocycles. The van der Waals surface area contributed by atoms with Gasteiger partial charge in [-0.2, -0.15) is 0 Å². The van der Waals surface area contributed by atoms with E-state index in [2.05, 4.69) is 4.98 Å². The number of para-hydroxylation sites is 1. The van der Waals surface area contributed by atoms with Gasteiger partial charge in [0, 0.05) is 25.3 Å². The molecule has 5 rings (SSSR count). The van der Waals surface area contributed by atoms with Crippen molar-refractivity contribution in [3.63, 3.8) is 0 Å². The van der Waals surface area contributed by atoms with Crippen molar-refractivity contribution in [1.82, 2.24) is 4.98 Å². The number of hydrogen-bond acceptors (Lipinski definition) is 7. The molecule has 1 aromatic heterocycles. The number of anilines is 2. The van der Waals surface area contributed by atoms with Crippen LogP contribution in [-0.2, 0) is 9.59 Å². The Balaban J connectivity index is 1.68. The molecule has 2 heterocycles. The lowest BCUT2D eigenvalue weighted by molar-refractivity contribution is -0.132. The van der Waals surface area contributed by atoms with Gasteiger partial charge in [0.25, 0.3) is 5.78 Å². The van der Waals surface area contributed by atoms with Crippen LogP contribution in [0.2, 0.25) is 0 Å². The van der Waals surface area contributed by atoms with Crippen molar-refractivity contribution in [3.8, 4) is 5.75 Å². The summed E-state index contributed by atoms with van der Waals surface area (Å²) in [5, 5.41) is 11.9. The van der Waals surface area contributed by atoms with E-state index in [1.165, 1.54) is 16.2 Å². The minimum Gasteiger partial charge on any atom is -0.507 e. The molecule has 1 aliphatic heterocycles. The summed E-state index contributed by atoms with van der Waals surface area (Å²) in [6.45, 7) is 5.77. The van der Waals surface area contributed by atoms with E-state index in [9.17, 15) is 14.7 Å². The van der Waals surface area contributed by atoms with E-state index in [0.29, 0.717) is 22.0 Å². The first-order valence-electron chi connectivity index (χ1n) is 12.4. The van der Waals surface area contributed by atoms with E-state index in [4.69, 9.17) is 4.74 Å². The molecular formula is C30H29N3O4S. The van der Waals surface area contributed by atoms with Crippen molar-refractivity contribution in [2.45, 2.75) is 32.9 Å². The lowest BCUT2D eigenvalue weighted by Gasteiger charge is -2.24. The van der Waals surface area contributed by atoms with Crippen molar-refractivity contribution in [2.24, 2.45) is 0 Å². The van der Waals surface area contributed by atoms with E-state index in [0.717, 1.165) is 21.5 Å². The Morgan fingerprint density at radius 3 is 2.39 bits per heavy atom. The molecule has 4 aromatic rings. The molecule has 1 fully saturated rings. The van der Waals surface area contributed by atoms with Gasteiger partial charge in [0.15, 0.2) is 5.13 Å². The van der Waals surface area contributed by atoms with Gasteiger partial charge in [-0.15, -0.1) is 0 Å². The second-order valence-electron chi connectivity index (χ2n) is 9.77. The molecule has 1 aliphatic rings. The fourth-order valence-electron chi connectivity index (χ4n) is 4.60. The zero-order chi connectivity index (χ0) is 27.1. The van der Waals surface area contributed by atoms with Crippen molar-refractivity contribution >= 4 is 49.8 Å². The number of aliphatic hydroxyl groups is 1. The highest BCUT2D eigenvalue weighted by Crippen LogP contribution is 2.44. The molecule has 194 valence electrons. The summed E-state index contributed by atoms with van der Waals surface area (Å²) < 4.78 is 6.74. The number of Topliss-reactive ketones (excluding diaryl/α,β-unsaturated/α-hetero) is 1. The standard InChI is InChI=1S/C30H29N3O4S/c1-17(2)37-23-15-12-20(16-18(23)3)27(34)25-26(19-10-13-21(14-11-19)32(4)5)33(29(36)28(25)35)30-31-22-8-6-7-9-24(22)38-30/h6-17,26,34H,1-5H3/b27-25+. The van der Waals surface area contributed by atoms with Crippen LogP contribution in [0.3, 0.4) is 0 Å². The number of rotatable bonds is 6. The molecule has 1 amide bonds. The molecule has 0 radical (unpaired) electrons. The maximum absolute atomic E-state index is 13.5. The number of aryl methyl sites for hydroxylation is 1. The normalized spacial score (nSPS) is 17.0. The van der Waals surface area contributed by atoms with Gasteiger partial charge in [0.1, 0.15) is 11.5 Å². The molecule has 8 heteroatoms. The number of aliphatic hydroxyl groups excluding tert-OH is 1. The van der Waals surface area contributed by atoms with Gasteiger partial charge in [-0.3, -0.25) is 14.5 Å². The van der Waals surface area contributed by atoms with Crippen LogP contribution in [0.15, 0.2) is 72.3 Å². The molecule has 0 saturated carbocycles. The molecule has 0 aliphatic carbocycles. The molecule has 1 unspecified atom stereocenters. The van der Waals surface area contributed by atoms with E-state index in [1.54, 1.807) is 18.2 Å². The Morgan fingerprint density at radius 1 is 1.05 bits per heavy atom. The van der Waals surface area contributed by atoms with Gasteiger partial charge in [-0.05, 0) is 74.4 Å². The van der Waals surface area contributed by atoms with Crippen molar-refractivity contribution in [2.75, 3.05) is 23.9 Å². The zero-order valence-electron chi connectivity index (χ0n) is 21.9. The number of carbonyl (C=O) groups excluding carboxylic acids is 2. The summed E-state index contributed by atoms with van der Waals surface area (Å²) in [7, 11) is 3.88. The molecule has 1 atom stereocenters. The number of amides is 1. The molecule has 7 nitrogen and oxygen atoms in total. The van der Waals surface area contributed by atoms with E-state index >= 15 is 0 Å². The number of thiazole rings is 1. The average Bonchev–Trinajstić information content (AvgIpc) is 3.43. The smallest absolute Gasteiger partial charge is 0.301 e. The Morgan fingerprint density at radius 2 is 1.76 bits per heavy atom. The second-order valence-corrected chi connectivity index (χ2v) is 10.8. The van der Waals surface area contributed by atoms with Gasteiger partial charge < -0.3 is 14.7 Å². The number of ketones is 1. The first-order valence-corrected chi connectivity index (χ1v) is 13.2. The fraction of sp³-hybridized carbons (Fsp3) is 0.233. The Hall–Kier alpha value is -4.17. The molecule has 1 saturated heterocycles. The second kappa shape index (κ2) is 9.95. The molecule has 38 heavy (non-hydrogen) atoms. The summed E-state index contributed by atoms with van der Waals surface area (Å²) in [5.41, 5.74) is 3.70. The number of hydrogen-bond donors (Lipinski definition) is 1. The Kier molecular flexibility index (Phi) is 6.67. The monoisotopic (exact) mass is 527 g/mol. The highest BCUT2D eigenvalue weighted by molar-refractivity contribution is 7.22. The number of fused-ring (bicyclic) bond motifs is 1. The average molecular weight is 528 g/mol. The fourth-order valence-corrected chi connectivity index (χ4v) is 5.59. The van der Waals surface area contributed by atoms with Gasteiger partial charge in [-0.1, -0.05) is 35.6 Å². The first kappa shape index (κ1) is 25.5. The highest BCUT2D eigenvalue weighted by atomic mass is 32.1. The topological polar surface area (TPSA) is 83.0 Å². The van der Waals surface area contributed by atoms with Crippen molar-refractivity contribution in [3.05, 3.63) is 89.0 Å². The summed E-state index contributed by atoms with van der Waals surface area (Å²) in [5.74, 6) is -0.998. The largest absolute Gasteiger partial charge is 0.507 e. The third-order valence-electron chi connectivity index (χ3n) is 6.47. The van der Waals surface area contributed by atoms with E-state index < -0.39 is 17.7 Å². The van der Waals surface area contributed by atoms with Gasteiger partial charge in [0.05, 0.1) is 27.9 Å². The number of aromatic nitrogens is 1. The predicted octanol–water partition coefficient (Wildman–Crippen LogP) is 6.08. The lowest BCUT2D eigenvalue weighted by atomic mass is 9.94. The predicted molar refractivity (Wildman–Crippen MR) is 152 cm³/mol. The number of carbonyl (C=O) groups is 2. The SMILES string of the molecule is Cc1cc(/C(O)=C2\C(=O)C(=O)N(c3nc4ccccc4s3)C2c2ccc(N(C)C)cc2)ccc1OC(C)C. The number of ether oxygens (including phenoxy) is 1. The minimum absolute atomic E-state index is 0.00239. The highest BCUT2D eigenvalue weighted by Gasteiger charge is 2.48. The van der Waals surface area contributed by atoms with Crippen LogP contribution in [0.25, 0.3) is 16.0 Å². The van der Waals surface area contributed by atoms with Crippen LogP contribution in [0.1, 0.15) is 36.6 Å². The van der Waals surface area contributed by atoms with Crippen LogP contribution in [-0.4, -0.2) is 42.0 Å². The lowest BCUT2D eigenvalue weighted by Crippen LogP contribution is -2.29. The summed E-state index contributed by atoms with van der Waals surface area (Å²) >= 11 is 1.34. The van der Waals surface area contributed by atoms with Crippen LogP contribution in [0, 0.1) is 6.92 Å². The van der Waals surface area contributed by atoms with Crippen molar-refractivity contribution < 1.29 is 19.4 Å². The quantitative estimate of drug-likeness (QED) is 0.186.